The van der Waals surface area contributed by atoms with Crippen LogP contribution in [0.5, 0.6) is 0 Å². The van der Waals surface area contributed by atoms with Crippen LogP contribution in [0.3, 0.4) is 0 Å². The summed E-state index contributed by atoms with van der Waals surface area (Å²) in [6.07, 6.45) is 11.3. The van der Waals surface area contributed by atoms with Gasteiger partial charge in [-0.15, -0.1) is 0 Å². The number of aromatic nitrogens is 3. The number of likely N-dealkylation sites (tertiary alicyclic amines) is 1. The lowest BCUT2D eigenvalue weighted by atomic mass is 9.83. The van der Waals surface area contributed by atoms with Gasteiger partial charge in [-0.1, -0.05) is 66.7 Å². The van der Waals surface area contributed by atoms with Crippen LogP contribution in [0.4, 0.5) is 0 Å². The van der Waals surface area contributed by atoms with Crippen LogP contribution in [0.2, 0.25) is 0 Å². The third kappa shape index (κ3) is 7.06. The second-order valence-corrected chi connectivity index (χ2v) is 11.4. The average molecular weight is 573 g/mol. The molecule has 3 unspecified atom stereocenters. The molecule has 5 rings (SSSR count). The Hall–Kier alpha value is -4.02. The van der Waals surface area contributed by atoms with Crippen LogP contribution in [-0.2, 0) is 16.0 Å². The van der Waals surface area contributed by atoms with E-state index in [1.807, 2.05) is 54.3 Å². The first-order chi connectivity index (χ1) is 20.3. The summed E-state index contributed by atoms with van der Waals surface area (Å²) in [7, 11) is 0. The lowest BCUT2D eigenvalue weighted by Gasteiger charge is -2.34. The van der Waals surface area contributed by atoms with Gasteiger partial charge in [-0.3, -0.25) is 14.9 Å². The Balaban J connectivity index is 1.28. The van der Waals surface area contributed by atoms with E-state index in [1.54, 1.807) is 19.2 Å². The number of hydrogen-bond acceptors (Lipinski definition) is 7. The third-order valence-corrected chi connectivity index (χ3v) is 8.17. The Bertz CT molecular complexity index is 1410. The van der Waals surface area contributed by atoms with Crippen molar-refractivity contribution in [3.8, 4) is 0 Å². The molecule has 1 saturated heterocycles. The topological polar surface area (TPSA) is 136 Å². The number of carbonyl (C=O) groups excluding carboxylic acids is 2. The molecule has 0 radical (unpaired) electrons. The monoisotopic (exact) mass is 572 g/mol. The molecule has 2 aromatic heterocycles. The maximum Gasteiger partial charge on any atom is 0.238 e. The molecule has 0 bridgehead atoms. The summed E-state index contributed by atoms with van der Waals surface area (Å²) in [5.41, 5.74) is 2.33. The van der Waals surface area contributed by atoms with Crippen molar-refractivity contribution in [2.45, 2.75) is 70.8 Å². The highest BCUT2D eigenvalue weighted by molar-refractivity contribution is 5.88. The molecule has 10 heteroatoms. The van der Waals surface area contributed by atoms with Gasteiger partial charge in [0.05, 0.1) is 18.5 Å². The standard InChI is InChI=1S/C32H40N6O4/c1-20-10-7-8-13-25(20)28-14-9-15-38(28)29(39)18-26(36-32(41)27-16-21(2)42-37-27)31(40)34-22(3)30-33-19-24(35-30)17-23-11-5-4-6-12-23/h4-8,10-13,16,19-20,22,25-26,28,32,36,41H,9,14-15,17-18H2,1-3H3,(H,33,35)(H,34,40)/t20?,22-,25?,26-,28+,32?/m0/s1. The van der Waals surface area contributed by atoms with Crippen LogP contribution in [0.15, 0.2) is 71.4 Å². The number of allylic oxidation sites excluding steroid dienone is 3. The van der Waals surface area contributed by atoms with Crippen LogP contribution < -0.4 is 10.6 Å². The number of aliphatic hydroxyl groups excluding tert-OH is 1. The number of H-pyrrole nitrogens is 1. The van der Waals surface area contributed by atoms with Crippen molar-refractivity contribution in [2.75, 3.05) is 6.54 Å². The smallest absolute Gasteiger partial charge is 0.238 e. The van der Waals surface area contributed by atoms with Gasteiger partial charge in [-0.05, 0) is 38.2 Å². The molecule has 1 fully saturated rings. The van der Waals surface area contributed by atoms with Crippen molar-refractivity contribution in [3.63, 3.8) is 0 Å². The van der Waals surface area contributed by atoms with E-state index in [0.717, 1.165) is 24.1 Å². The number of carbonyl (C=O) groups is 2. The predicted octanol–water partition coefficient (Wildman–Crippen LogP) is 3.88. The van der Waals surface area contributed by atoms with E-state index in [0.29, 0.717) is 30.5 Å². The summed E-state index contributed by atoms with van der Waals surface area (Å²) in [5, 5.41) is 20.6. The van der Waals surface area contributed by atoms with Gasteiger partial charge in [0.1, 0.15) is 17.3 Å². The minimum atomic E-state index is -1.29. The van der Waals surface area contributed by atoms with E-state index >= 15 is 0 Å². The Morgan fingerprint density at radius 2 is 2.00 bits per heavy atom. The second-order valence-electron chi connectivity index (χ2n) is 11.4. The second kappa shape index (κ2) is 13.3. The van der Waals surface area contributed by atoms with Crippen LogP contribution >= 0.6 is 0 Å². The summed E-state index contributed by atoms with van der Waals surface area (Å²) in [6, 6.07) is 10.3. The minimum Gasteiger partial charge on any atom is -0.372 e. The fourth-order valence-electron chi connectivity index (χ4n) is 5.91. The molecule has 6 atom stereocenters. The number of nitrogens with zero attached hydrogens (tertiary/aromatic N) is 3. The Labute approximate surface area is 246 Å². The summed E-state index contributed by atoms with van der Waals surface area (Å²) >= 11 is 0. The largest absolute Gasteiger partial charge is 0.372 e. The summed E-state index contributed by atoms with van der Waals surface area (Å²) in [4.78, 5) is 37.0. The molecule has 10 nitrogen and oxygen atoms in total. The number of hydrogen-bond donors (Lipinski definition) is 4. The molecule has 222 valence electrons. The maximum atomic E-state index is 13.7. The van der Waals surface area contributed by atoms with E-state index in [2.05, 4.69) is 44.8 Å². The first-order valence-electron chi connectivity index (χ1n) is 14.7. The number of imidazole rings is 1. The number of amides is 2. The molecule has 2 amide bonds. The first kappa shape index (κ1) is 29.5. The van der Waals surface area contributed by atoms with Gasteiger partial charge in [-0.25, -0.2) is 4.98 Å². The molecule has 1 aromatic carbocycles. The fraction of sp³-hybridized carbons (Fsp3) is 0.438. The van der Waals surface area contributed by atoms with Gasteiger partial charge in [-0.2, -0.15) is 0 Å². The van der Waals surface area contributed by atoms with E-state index in [9.17, 15) is 14.7 Å². The maximum absolute atomic E-state index is 13.7. The van der Waals surface area contributed by atoms with Gasteiger partial charge in [0.25, 0.3) is 0 Å². The van der Waals surface area contributed by atoms with Crippen LogP contribution in [0.25, 0.3) is 0 Å². The molecule has 42 heavy (non-hydrogen) atoms. The highest BCUT2D eigenvalue weighted by Gasteiger charge is 2.38. The summed E-state index contributed by atoms with van der Waals surface area (Å²) in [5.74, 6) is 1.15. The highest BCUT2D eigenvalue weighted by atomic mass is 16.5. The molecule has 0 spiro atoms. The van der Waals surface area contributed by atoms with E-state index in [1.165, 1.54) is 0 Å². The van der Waals surface area contributed by atoms with E-state index in [-0.39, 0.29) is 30.0 Å². The van der Waals surface area contributed by atoms with Gasteiger partial charge in [0, 0.05) is 42.9 Å². The molecular weight excluding hydrogens is 532 g/mol. The number of aryl methyl sites for hydroxylation is 1. The number of aliphatic hydroxyl groups is 1. The van der Waals surface area contributed by atoms with Gasteiger partial charge < -0.3 is 24.8 Å². The Morgan fingerprint density at radius 1 is 1.21 bits per heavy atom. The van der Waals surface area contributed by atoms with Crippen LogP contribution in [-0.4, -0.2) is 55.6 Å². The molecule has 2 aliphatic rings. The average Bonchev–Trinajstić information content (AvgIpc) is 3.75. The molecule has 3 heterocycles. The summed E-state index contributed by atoms with van der Waals surface area (Å²) in [6.45, 7) is 6.37. The summed E-state index contributed by atoms with van der Waals surface area (Å²) < 4.78 is 5.10. The molecule has 3 aromatic rings. The molecule has 0 saturated carbocycles. The molecule has 1 aliphatic heterocycles. The van der Waals surface area contributed by atoms with Crippen molar-refractivity contribution in [1.82, 2.24) is 30.7 Å². The number of aromatic amines is 1. The van der Waals surface area contributed by atoms with Gasteiger partial charge in [0.2, 0.25) is 11.8 Å². The van der Waals surface area contributed by atoms with E-state index in [4.69, 9.17) is 4.52 Å². The lowest BCUT2D eigenvalue weighted by Crippen LogP contribution is -2.50. The molecule has 1 aliphatic carbocycles. The lowest BCUT2D eigenvalue weighted by molar-refractivity contribution is -0.137. The molecule has 4 N–H and O–H groups in total. The quantitative estimate of drug-likeness (QED) is 0.256. The zero-order valence-electron chi connectivity index (χ0n) is 24.4. The Kier molecular flexibility index (Phi) is 9.34. The Morgan fingerprint density at radius 3 is 2.74 bits per heavy atom. The third-order valence-electron chi connectivity index (χ3n) is 8.17. The van der Waals surface area contributed by atoms with Crippen LogP contribution in [0, 0.1) is 18.8 Å². The number of rotatable bonds is 11. The van der Waals surface area contributed by atoms with E-state index < -0.39 is 24.2 Å². The van der Waals surface area contributed by atoms with Gasteiger partial charge >= 0.3 is 0 Å². The van der Waals surface area contributed by atoms with Crippen molar-refractivity contribution in [3.05, 3.63) is 95.4 Å². The van der Waals surface area contributed by atoms with Gasteiger partial charge in [0.15, 0.2) is 6.23 Å². The highest BCUT2D eigenvalue weighted by Crippen LogP contribution is 2.33. The number of benzene rings is 1. The fourth-order valence-corrected chi connectivity index (χ4v) is 5.91. The minimum absolute atomic E-state index is 0.0746. The zero-order valence-corrected chi connectivity index (χ0v) is 24.4. The van der Waals surface area contributed by atoms with Crippen molar-refractivity contribution in [2.24, 2.45) is 11.8 Å². The normalized spacial score (nSPS) is 22.2. The zero-order chi connectivity index (χ0) is 29.6. The van der Waals surface area contributed by atoms with Crippen LogP contribution in [0.1, 0.15) is 73.9 Å². The van der Waals surface area contributed by atoms with Crippen molar-refractivity contribution < 1.29 is 19.2 Å². The number of nitrogens with one attached hydrogen (secondary N) is 3. The first-order valence-corrected chi connectivity index (χ1v) is 14.7. The van der Waals surface area contributed by atoms with Crippen molar-refractivity contribution >= 4 is 11.8 Å². The van der Waals surface area contributed by atoms with Crippen molar-refractivity contribution in [1.29, 1.82) is 0 Å². The molecular formula is C32H40N6O4. The SMILES string of the molecule is Cc1cc(C(O)N[C@@H](CC(=O)N2CCC[C@@H]2C2C=CC=CC2C)C(=O)N[C@@H](C)c2ncc(Cc3ccccc3)[nH]2)no1. The predicted molar refractivity (Wildman–Crippen MR) is 158 cm³/mol.